The third-order valence-corrected chi connectivity index (χ3v) is 2.47. The van der Waals surface area contributed by atoms with E-state index in [0.29, 0.717) is 0 Å². The molecule has 0 aliphatic rings. The van der Waals surface area contributed by atoms with Gasteiger partial charge in [0.25, 0.3) is 0 Å². The van der Waals surface area contributed by atoms with Crippen LogP contribution in [0.2, 0.25) is 0 Å². The first-order valence-corrected chi connectivity index (χ1v) is 5.11. The Kier molecular flexibility index (Phi) is 2.85. The van der Waals surface area contributed by atoms with Gasteiger partial charge in [0.05, 0.1) is 10.7 Å². The predicted octanol–water partition coefficient (Wildman–Crippen LogP) is 1.99. The number of nitrogens with zero attached hydrogens (tertiary/aromatic N) is 1. The lowest BCUT2D eigenvalue weighted by molar-refractivity contribution is 0.515. The van der Waals surface area contributed by atoms with Gasteiger partial charge in [0.15, 0.2) is 0 Å². The van der Waals surface area contributed by atoms with Crippen LogP contribution in [0.3, 0.4) is 0 Å². The van der Waals surface area contributed by atoms with Crippen molar-refractivity contribution in [2.24, 2.45) is 5.73 Å². The number of aryl methyl sites for hydroxylation is 1. The number of thiazole rings is 1. The molecule has 2 N–H and O–H groups in total. The number of aromatic nitrogens is 1. The van der Waals surface area contributed by atoms with Crippen LogP contribution in [0, 0.1) is 0 Å². The summed E-state index contributed by atoms with van der Waals surface area (Å²) in [6.07, 6.45) is 1.89. The average Bonchev–Trinajstić information content (AvgIpc) is 2.32. The van der Waals surface area contributed by atoms with Gasteiger partial charge in [-0.05, 0) is 20.3 Å². The van der Waals surface area contributed by atoms with Gasteiger partial charge in [-0.3, -0.25) is 0 Å². The smallest absolute Gasteiger partial charge is 0.0946 e. The maximum atomic E-state index is 5.88. The molecule has 2 nitrogen and oxygen atoms in total. The van der Waals surface area contributed by atoms with E-state index >= 15 is 0 Å². The minimum absolute atomic E-state index is 0.136. The van der Waals surface area contributed by atoms with E-state index in [4.69, 9.17) is 5.73 Å². The molecule has 0 saturated heterocycles. The van der Waals surface area contributed by atoms with Crippen molar-refractivity contribution < 1.29 is 0 Å². The van der Waals surface area contributed by atoms with Crippen molar-refractivity contribution in [1.82, 2.24) is 4.98 Å². The van der Waals surface area contributed by atoms with Gasteiger partial charge in [0, 0.05) is 17.3 Å². The van der Waals surface area contributed by atoms with Crippen LogP contribution in [0.15, 0.2) is 5.38 Å². The second-order valence-electron chi connectivity index (χ2n) is 3.75. The van der Waals surface area contributed by atoms with E-state index < -0.39 is 0 Å². The van der Waals surface area contributed by atoms with Crippen molar-refractivity contribution >= 4 is 11.3 Å². The second-order valence-corrected chi connectivity index (χ2v) is 4.69. The molecule has 0 bridgehead atoms. The van der Waals surface area contributed by atoms with Crippen molar-refractivity contribution in [3.63, 3.8) is 0 Å². The SMILES string of the molecule is CCc1csc(CC(C)(C)N)n1. The zero-order valence-electron chi connectivity index (χ0n) is 7.92. The molecule has 3 heteroatoms. The summed E-state index contributed by atoms with van der Waals surface area (Å²) in [6, 6.07) is 0. The Labute approximate surface area is 77.8 Å². The number of nitrogens with two attached hydrogens (primary N) is 1. The van der Waals surface area contributed by atoms with E-state index in [0.717, 1.165) is 17.8 Å². The largest absolute Gasteiger partial charge is 0.325 e. The normalized spacial score (nSPS) is 12.0. The molecular formula is C9H16N2S. The Hall–Kier alpha value is -0.410. The summed E-state index contributed by atoms with van der Waals surface area (Å²) >= 11 is 1.71. The number of rotatable bonds is 3. The Balaban J connectivity index is 2.64. The highest BCUT2D eigenvalue weighted by molar-refractivity contribution is 7.09. The first-order valence-electron chi connectivity index (χ1n) is 4.23. The van der Waals surface area contributed by atoms with Crippen LogP contribution in [0.25, 0.3) is 0 Å². The lowest BCUT2D eigenvalue weighted by Crippen LogP contribution is -2.34. The Morgan fingerprint density at radius 1 is 1.58 bits per heavy atom. The molecule has 1 heterocycles. The highest BCUT2D eigenvalue weighted by Crippen LogP contribution is 2.15. The van der Waals surface area contributed by atoms with Crippen LogP contribution in [0.5, 0.6) is 0 Å². The van der Waals surface area contributed by atoms with Crippen molar-refractivity contribution in [3.8, 4) is 0 Å². The molecule has 0 unspecified atom stereocenters. The molecule has 1 rings (SSSR count). The molecule has 0 radical (unpaired) electrons. The zero-order valence-corrected chi connectivity index (χ0v) is 8.74. The predicted molar refractivity (Wildman–Crippen MR) is 53.5 cm³/mol. The van der Waals surface area contributed by atoms with Crippen LogP contribution in [0.1, 0.15) is 31.5 Å². The lowest BCUT2D eigenvalue weighted by atomic mass is 10.0. The number of hydrogen-bond acceptors (Lipinski definition) is 3. The molecule has 0 saturated carbocycles. The van der Waals surface area contributed by atoms with Crippen LogP contribution in [-0.2, 0) is 12.8 Å². The van der Waals surface area contributed by atoms with Gasteiger partial charge in [0.2, 0.25) is 0 Å². The van der Waals surface area contributed by atoms with Crippen LogP contribution < -0.4 is 5.73 Å². The summed E-state index contributed by atoms with van der Waals surface area (Å²) in [5.41, 5.74) is 6.93. The minimum atomic E-state index is -0.136. The van der Waals surface area contributed by atoms with E-state index in [1.54, 1.807) is 11.3 Å². The first-order chi connectivity index (χ1) is 5.51. The second kappa shape index (κ2) is 3.54. The fraction of sp³-hybridized carbons (Fsp3) is 0.667. The van der Waals surface area contributed by atoms with E-state index in [9.17, 15) is 0 Å². The molecule has 0 amide bonds. The molecule has 0 aliphatic carbocycles. The summed E-state index contributed by atoms with van der Waals surface area (Å²) in [6.45, 7) is 6.17. The fourth-order valence-corrected chi connectivity index (χ4v) is 2.10. The van der Waals surface area contributed by atoms with E-state index in [-0.39, 0.29) is 5.54 Å². The van der Waals surface area contributed by atoms with Gasteiger partial charge in [-0.2, -0.15) is 0 Å². The Morgan fingerprint density at radius 2 is 2.25 bits per heavy atom. The molecule has 0 atom stereocenters. The Bertz CT molecular complexity index is 247. The van der Waals surface area contributed by atoms with Crippen molar-refractivity contribution in [3.05, 3.63) is 16.1 Å². The molecule has 1 aromatic heterocycles. The molecule has 0 spiro atoms. The third-order valence-electron chi connectivity index (χ3n) is 1.57. The van der Waals surface area contributed by atoms with Gasteiger partial charge in [-0.15, -0.1) is 11.3 Å². The molecular weight excluding hydrogens is 168 g/mol. The van der Waals surface area contributed by atoms with Gasteiger partial charge >= 0.3 is 0 Å². The number of hydrogen-bond donors (Lipinski definition) is 1. The van der Waals surface area contributed by atoms with Gasteiger partial charge in [0.1, 0.15) is 0 Å². The van der Waals surface area contributed by atoms with Crippen LogP contribution >= 0.6 is 11.3 Å². The lowest BCUT2D eigenvalue weighted by Gasteiger charge is -2.15. The summed E-state index contributed by atoms with van der Waals surface area (Å²) in [7, 11) is 0. The van der Waals surface area contributed by atoms with E-state index in [2.05, 4.69) is 17.3 Å². The first kappa shape index (κ1) is 9.68. The quantitative estimate of drug-likeness (QED) is 0.780. The van der Waals surface area contributed by atoms with Gasteiger partial charge in [-0.1, -0.05) is 6.92 Å². The molecule has 68 valence electrons. The molecule has 0 aliphatic heterocycles. The van der Waals surface area contributed by atoms with Crippen molar-refractivity contribution in [2.45, 2.75) is 39.2 Å². The monoisotopic (exact) mass is 184 g/mol. The maximum Gasteiger partial charge on any atom is 0.0946 e. The summed E-state index contributed by atoms with van der Waals surface area (Å²) in [4.78, 5) is 4.45. The summed E-state index contributed by atoms with van der Waals surface area (Å²) in [5.74, 6) is 0. The van der Waals surface area contributed by atoms with Gasteiger partial charge in [-0.25, -0.2) is 4.98 Å². The molecule has 0 aromatic carbocycles. The van der Waals surface area contributed by atoms with Gasteiger partial charge < -0.3 is 5.73 Å². The summed E-state index contributed by atoms with van der Waals surface area (Å²) in [5, 5.41) is 3.26. The average molecular weight is 184 g/mol. The van der Waals surface area contributed by atoms with Crippen LogP contribution in [0.4, 0.5) is 0 Å². The topological polar surface area (TPSA) is 38.9 Å². The highest BCUT2D eigenvalue weighted by Gasteiger charge is 2.13. The molecule has 12 heavy (non-hydrogen) atoms. The molecule has 1 aromatic rings. The van der Waals surface area contributed by atoms with E-state index in [1.165, 1.54) is 5.69 Å². The van der Waals surface area contributed by atoms with Crippen LogP contribution in [-0.4, -0.2) is 10.5 Å². The minimum Gasteiger partial charge on any atom is -0.325 e. The fourth-order valence-electron chi connectivity index (χ4n) is 0.982. The maximum absolute atomic E-state index is 5.88. The molecule has 0 fully saturated rings. The van der Waals surface area contributed by atoms with Crippen molar-refractivity contribution in [2.75, 3.05) is 0 Å². The third kappa shape index (κ3) is 2.91. The highest BCUT2D eigenvalue weighted by atomic mass is 32.1. The van der Waals surface area contributed by atoms with E-state index in [1.807, 2.05) is 13.8 Å². The van der Waals surface area contributed by atoms with Crippen molar-refractivity contribution in [1.29, 1.82) is 0 Å². The Morgan fingerprint density at radius 3 is 2.67 bits per heavy atom. The summed E-state index contributed by atoms with van der Waals surface area (Å²) < 4.78 is 0. The zero-order chi connectivity index (χ0) is 9.19. The standard InChI is InChI=1S/C9H16N2S/c1-4-7-6-12-8(11-7)5-9(2,3)10/h6H,4-5,10H2,1-3H3.